The largest absolute Gasteiger partial charge is 0.399 e. The number of pyridine rings is 1. The van der Waals surface area contributed by atoms with Gasteiger partial charge in [-0.2, -0.15) is 10.4 Å². The summed E-state index contributed by atoms with van der Waals surface area (Å²) in [6, 6.07) is 13.2. The predicted molar refractivity (Wildman–Crippen MR) is 80.7 cm³/mol. The van der Waals surface area contributed by atoms with Crippen LogP contribution < -0.4 is 5.73 Å². The van der Waals surface area contributed by atoms with Gasteiger partial charge in [0, 0.05) is 29.2 Å². The molecule has 0 radical (unpaired) electrons. The number of aromatic nitrogens is 3. The van der Waals surface area contributed by atoms with Gasteiger partial charge in [-0.1, -0.05) is 12.1 Å². The van der Waals surface area contributed by atoms with Gasteiger partial charge in [-0.3, -0.25) is 0 Å². The summed E-state index contributed by atoms with van der Waals surface area (Å²) in [5.74, 6) is 0.627. The van der Waals surface area contributed by atoms with E-state index in [1.807, 2.05) is 37.4 Å². The molecule has 5 heteroatoms. The van der Waals surface area contributed by atoms with Crippen molar-refractivity contribution >= 4 is 5.69 Å². The van der Waals surface area contributed by atoms with Crippen LogP contribution in [-0.2, 0) is 0 Å². The lowest BCUT2D eigenvalue weighted by Gasteiger charge is -2.02. The smallest absolute Gasteiger partial charge is 0.154 e. The number of rotatable bonds is 2. The average Bonchev–Trinajstić information content (AvgIpc) is 2.96. The predicted octanol–water partition coefficient (Wildman–Crippen LogP) is 2.70. The summed E-state index contributed by atoms with van der Waals surface area (Å²) >= 11 is 0. The van der Waals surface area contributed by atoms with E-state index in [1.165, 1.54) is 0 Å². The quantitative estimate of drug-likeness (QED) is 0.729. The van der Waals surface area contributed by atoms with Gasteiger partial charge in [-0.05, 0) is 30.7 Å². The molecule has 0 aliphatic heterocycles. The van der Waals surface area contributed by atoms with Crippen LogP contribution in [-0.4, -0.2) is 14.8 Å². The molecule has 0 aliphatic carbocycles. The first-order valence-electron chi connectivity index (χ1n) is 6.45. The van der Waals surface area contributed by atoms with E-state index in [4.69, 9.17) is 11.0 Å². The lowest BCUT2D eigenvalue weighted by molar-refractivity contribution is 0.840. The molecule has 102 valence electrons. The Morgan fingerprint density at radius 2 is 2.05 bits per heavy atom. The fourth-order valence-corrected chi connectivity index (χ4v) is 2.15. The molecule has 3 aromatic rings. The number of nitrogen functional groups attached to an aromatic ring is 1. The molecule has 2 N–H and O–H groups in total. The Morgan fingerprint density at radius 1 is 1.19 bits per heavy atom. The maximum Gasteiger partial charge on any atom is 0.154 e. The minimum absolute atomic E-state index is 0.568. The number of aryl methyl sites for hydroxylation is 1. The molecule has 5 nitrogen and oxygen atoms in total. The minimum atomic E-state index is 0.568. The Balaban J connectivity index is 2.03. The van der Waals surface area contributed by atoms with Gasteiger partial charge in [0.25, 0.3) is 0 Å². The Labute approximate surface area is 122 Å². The summed E-state index contributed by atoms with van der Waals surface area (Å²) in [6.07, 6.45) is 3.63. The van der Waals surface area contributed by atoms with Gasteiger partial charge >= 0.3 is 0 Å². The number of nitriles is 1. The SMILES string of the molecule is Cc1cc(C#N)cc(-n2cc(-c3cccc(N)c3)cn2)n1. The summed E-state index contributed by atoms with van der Waals surface area (Å²) in [6.45, 7) is 1.85. The fraction of sp³-hybridized carbons (Fsp3) is 0.0625. The van der Waals surface area contributed by atoms with E-state index in [0.29, 0.717) is 17.1 Å². The zero-order valence-corrected chi connectivity index (χ0v) is 11.5. The molecule has 0 atom stereocenters. The zero-order valence-electron chi connectivity index (χ0n) is 11.5. The molecule has 0 unspecified atom stereocenters. The second-order valence-corrected chi connectivity index (χ2v) is 4.77. The molecule has 21 heavy (non-hydrogen) atoms. The maximum atomic E-state index is 9.03. The highest BCUT2D eigenvalue weighted by Crippen LogP contribution is 2.22. The van der Waals surface area contributed by atoms with Crippen LogP contribution in [0.4, 0.5) is 5.69 Å². The topological polar surface area (TPSA) is 80.5 Å². The molecule has 0 saturated carbocycles. The second-order valence-electron chi connectivity index (χ2n) is 4.77. The van der Waals surface area contributed by atoms with Gasteiger partial charge in [0.15, 0.2) is 5.82 Å². The van der Waals surface area contributed by atoms with Gasteiger partial charge in [-0.15, -0.1) is 0 Å². The summed E-state index contributed by atoms with van der Waals surface area (Å²) in [5, 5.41) is 13.3. The molecule has 3 rings (SSSR count). The van der Waals surface area contributed by atoms with Crippen LogP contribution >= 0.6 is 0 Å². The molecule has 0 spiro atoms. The molecule has 0 saturated heterocycles. The highest BCUT2D eigenvalue weighted by atomic mass is 15.3. The lowest BCUT2D eigenvalue weighted by atomic mass is 10.1. The molecule has 0 aliphatic rings. The number of benzene rings is 1. The van der Waals surface area contributed by atoms with Crippen molar-refractivity contribution in [2.75, 3.05) is 5.73 Å². The minimum Gasteiger partial charge on any atom is -0.399 e. The van der Waals surface area contributed by atoms with Crippen LogP contribution in [0.5, 0.6) is 0 Å². The van der Waals surface area contributed by atoms with Gasteiger partial charge < -0.3 is 5.73 Å². The molecule has 1 aromatic carbocycles. The Bertz CT molecular complexity index is 842. The van der Waals surface area contributed by atoms with E-state index in [2.05, 4.69) is 16.2 Å². The van der Waals surface area contributed by atoms with Crippen molar-refractivity contribution < 1.29 is 0 Å². The van der Waals surface area contributed by atoms with Crippen LogP contribution in [0.3, 0.4) is 0 Å². The summed E-state index contributed by atoms with van der Waals surface area (Å²) in [7, 11) is 0. The third kappa shape index (κ3) is 2.60. The summed E-state index contributed by atoms with van der Waals surface area (Å²) in [5.41, 5.74) is 9.80. The van der Waals surface area contributed by atoms with E-state index in [0.717, 1.165) is 16.8 Å². The molecule has 0 fully saturated rings. The van der Waals surface area contributed by atoms with Gasteiger partial charge in [0.05, 0.1) is 17.8 Å². The van der Waals surface area contributed by atoms with Crippen molar-refractivity contribution in [3.8, 4) is 23.0 Å². The van der Waals surface area contributed by atoms with Gasteiger partial charge in [-0.25, -0.2) is 9.67 Å². The highest BCUT2D eigenvalue weighted by molar-refractivity contribution is 5.66. The number of nitrogens with two attached hydrogens (primary N) is 1. The van der Waals surface area contributed by atoms with Crippen molar-refractivity contribution in [2.24, 2.45) is 0 Å². The third-order valence-electron chi connectivity index (χ3n) is 3.11. The van der Waals surface area contributed by atoms with E-state index >= 15 is 0 Å². The average molecular weight is 275 g/mol. The van der Waals surface area contributed by atoms with E-state index in [1.54, 1.807) is 23.0 Å². The molecule has 0 amide bonds. The number of nitrogens with zero attached hydrogens (tertiary/aromatic N) is 4. The van der Waals surface area contributed by atoms with E-state index < -0.39 is 0 Å². The first-order valence-corrected chi connectivity index (χ1v) is 6.45. The van der Waals surface area contributed by atoms with E-state index in [9.17, 15) is 0 Å². The van der Waals surface area contributed by atoms with Crippen LogP contribution in [0.1, 0.15) is 11.3 Å². The molecular weight excluding hydrogens is 262 g/mol. The van der Waals surface area contributed by atoms with Crippen molar-refractivity contribution in [2.45, 2.75) is 6.92 Å². The fourth-order valence-electron chi connectivity index (χ4n) is 2.15. The molecular formula is C16H13N5. The lowest BCUT2D eigenvalue weighted by Crippen LogP contribution is -2.00. The van der Waals surface area contributed by atoms with Crippen LogP contribution in [0.2, 0.25) is 0 Å². The first kappa shape index (κ1) is 12.9. The van der Waals surface area contributed by atoms with Crippen LogP contribution in [0.15, 0.2) is 48.8 Å². The highest BCUT2D eigenvalue weighted by Gasteiger charge is 2.06. The Kier molecular flexibility index (Phi) is 3.13. The van der Waals surface area contributed by atoms with Crippen molar-refractivity contribution in [1.29, 1.82) is 5.26 Å². The number of anilines is 1. The van der Waals surface area contributed by atoms with Crippen LogP contribution in [0, 0.1) is 18.3 Å². The van der Waals surface area contributed by atoms with Crippen LogP contribution in [0.25, 0.3) is 16.9 Å². The standard InChI is InChI=1S/C16H13N5/c1-11-5-12(8-17)6-16(20-11)21-10-14(9-19-21)13-3-2-4-15(18)7-13/h2-7,9-10H,18H2,1H3. The third-order valence-corrected chi connectivity index (χ3v) is 3.11. The number of hydrogen-bond acceptors (Lipinski definition) is 4. The van der Waals surface area contributed by atoms with Gasteiger partial charge in [0.2, 0.25) is 0 Å². The van der Waals surface area contributed by atoms with Gasteiger partial charge in [0.1, 0.15) is 0 Å². The molecule has 0 bridgehead atoms. The maximum absolute atomic E-state index is 9.03. The Morgan fingerprint density at radius 3 is 2.81 bits per heavy atom. The first-order chi connectivity index (χ1) is 10.2. The zero-order chi connectivity index (χ0) is 14.8. The van der Waals surface area contributed by atoms with E-state index in [-0.39, 0.29) is 0 Å². The van der Waals surface area contributed by atoms with Crippen molar-refractivity contribution in [3.05, 3.63) is 60.0 Å². The second kappa shape index (κ2) is 5.10. The van der Waals surface area contributed by atoms with Crippen molar-refractivity contribution in [3.63, 3.8) is 0 Å². The molecule has 2 aromatic heterocycles. The summed E-state index contributed by atoms with van der Waals surface area (Å²) < 4.78 is 1.66. The normalized spacial score (nSPS) is 10.3. The number of hydrogen-bond donors (Lipinski definition) is 1. The monoisotopic (exact) mass is 275 g/mol. The molecule has 2 heterocycles. The Hall–Kier alpha value is -3.13. The summed E-state index contributed by atoms with van der Waals surface area (Å²) in [4.78, 5) is 4.40. The van der Waals surface area contributed by atoms with Crippen molar-refractivity contribution in [1.82, 2.24) is 14.8 Å².